The zero-order chi connectivity index (χ0) is 24.5. The van der Waals surface area contributed by atoms with E-state index < -0.39 is 17.5 Å². The number of Topliss-reactive ketones (excluding diaryl/α,β-unsaturated/α-hetero) is 1. The van der Waals surface area contributed by atoms with Gasteiger partial charge < -0.3 is 4.79 Å². The summed E-state index contributed by atoms with van der Waals surface area (Å²) < 4.78 is 42.6. The molecular weight excluding hydrogens is 651 g/mol. The van der Waals surface area contributed by atoms with E-state index >= 15 is 0 Å². The van der Waals surface area contributed by atoms with Gasteiger partial charge in [0, 0.05) is 43.1 Å². The molecule has 0 saturated carbocycles. The summed E-state index contributed by atoms with van der Waals surface area (Å²) in [6.07, 6.45) is -2.46. The van der Waals surface area contributed by atoms with E-state index in [0.29, 0.717) is 17.5 Å². The molecule has 0 saturated heterocycles. The van der Waals surface area contributed by atoms with E-state index in [1.807, 2.05) is 40.0 Å². The Kier molecular flexibility index (Phi) is 13.9. The summed E-state index contributed by atoms with van der Waals surface area (Å²) >= 11 is 0. The molecule has 0 radical (unpaired) electrons. The SMILES string of the molecule is CC.CC(=O)/C(Cc1cccc(CC(C)[C-]=O)c1)=C(\c1ccccc1C(C)C)C(F)(F)F.[U]. The van der Waals surface area contributed by atoms with Crippen molar-refractivity contribution in [3.8, 4) is 0 Å². The van der Waals surface area contributed by atoms with Crippen molar-refractivity contribution in [3.63, 3.8) is 0 Å². The van der Waals surface area contributed by atoms with E-state index in [0.717, 1.165) is 5.56 Å². The van der Waals surface area contributed by atoms with Crippen LogP contribution < -0.4 is 0 Å². The zero-order valence-electron chi connectivity index (χ0n) is 20.1. The van der Waals surface area contributed by atoms with Crippen LogP contribution in [0.2, 0.25) is 0 Å². The van der Waals surface area contributed by atoms with Crippen molar-refractivity contribution in [1.82, 2.24) is 0 Å². The van der Waals surface area contributed by atoms with Crippen LogP contribution in [0, 0.1) is 37.0 Å². The summed E-state index contributed by atoms with van der Waals surface area (Å²) in [5, 5.41) is 0. The molecular formula is C27H32F3O2U-. The van der Waals surface area contributed by atoms with Crippen molar-refractivity contribution in [2.45, 2.75) is 66.5 Å². The number of carbonyl (C=O) groups excluding carboxylic acids is 2. The molecule has 0 aliphatic heterocycles. The summed E-state index contributed by atoms with van der Waals surface area (Å²) in [5.41, 5.74) is 0.877. The Hall–Kier alpha value is -1.64. The van der Waals surface area contributed by atoms with Crippen LogP contribution in [0.25, 0.3) is 5.57 Å². The Morgan fingerprint density at radius 1 is 0.970 bits per heavy atom. The number of hydrogen-bond acceptors (Lipinski definition) is 2. The molecule has 2 aromatic rings. The van der Waals surface area contributed by atoms with Gasteiger partial charge in [-0.05, 0) is 41.5 Å². The van der Waals surface area contributed by atoms with Gasteiger partial charge in [0.25, 0.3) is 0 Å². The van der Waals surface area contributed by atoms with Crippen molar-refractivity contribution >= 4 is 17.6 Å². The fraction of sp³-hybridized carbons (Fsp3) is 0.407. The minimum Gasteiger partial charge on any atom is -0.542 e. The minimum atomic E-state index is -4.68. The number of benzene rings is 2. The quantitative estimate of drug-likeness (QED) is 0.217. The van der Waals surface area contributed by atoms with Crippen LogP contribution in [0.15, 0.2) is 54.1 Å². The zero-order valence-corrected chi connectivity index (χ0v) is 24.3. The van der Waals surface area contributed by atoms with Crippen molar-refractivity contribution < 1.29 is 53.9 Å². The van der Waals surface area contributed by atoms with Gasteiger partial charge in [-0.2, -0.15) is 13.2 Å². The molecule has 6 heteroatoms. The Labute approximate surface area is 219 Å². The first-order valence-electron chi connectivity index (χ1n) is 10.9. The third kappa shape index (κ3) is 9.26. The third-order valence-electron chi connectivity index (χ3n) is 4.98. The predicted molar refractivity (Wildman–Crippen MR) is 124 cm³/mol. The molecule has 0 fully saturated rings. The molecule has 2 nitrogen and oxygen atoms in total. The van der Waals surface area contributed by atoms with Gasteiger partial charge in [-0.15, -0.1) is 5.92 Å². The second-order valence-corrected chi connectivity index (χ2v) is 7.87. The molecule has 2 aromatic carbocycles. The van der Waals surface area contributed by atoms with E-state index in [-0.39, 0.29) is 60.5 Å². The van der Waals surface area contributed by atoms with Gasteiger partial charge in [-0.1, -0.05) is 83.1 Å². The van der Waals surface area contributed by atoms with Gasteiger partial charge in [-0.25, -0.2) is 0 Å². The number of allylic oxidation sites excluding steroid dienone is 2. The maximum absolute atomic E-state index is 14.2. The molecule has 0 aromatic heterocycles. The van der Waals surface area contributed by atoms with Crippen molar-refractivity contribution in [2.24, 2.45) is 5.92 Å². The second kappa shape index (κ2) is 14.6. The molecule has 0 heterocycles. The molecule has 33 heavy (non-hydrogen) atoms. The van der Waals surface area contributed by atoms with Crippen LogP contribution >= 0.6 is 0 Å². The van der Waals surface area contributed by atoms with Crippen LogP contribution in [0.3, 0.4) is 0 Å². The van der Waals surface area contributed by atoms with Crippen molar-refractivity contribution in [3.05, 3.63) is 76.4 Å². The van der Waals surface area contributed by atoms with E-state index in [9.17, 15) is 22.8 Å². The standard InChI is InChI=1S/C25H26F3O2.C2H6.U/c1-16(2)21-10-5-6-11-22(21)24(25(26,27)28)23(18(4)30)14-20-9-7-8-19(13-20)12-17(3)15-29;1-2;/h5-11,13,16-17H,12,14H2,1-4H3;1-2H3;/q-1;;/b24-23+;;. The summed E-state index contributed by atoms with van der Waals surface area (Å²) in [5.74, 6) is -1.05. The number of carbonyl (C=O) groups is 1. The smallest absolute Gasteiger partial charge is 0.417 e. The van der Waals surface area contributed by atoms with Gasteiger partial charge in [0.1, 0.15) is 0 Å². The average molecular weight is 684 g/mol. The van der Waals surface area contributed by atoms with Gasteiger partial charge in [0.2, 0.25) is 0 Å². The fourth-order valence-corrected chi connectivity index (χ4v) is 3.57. The van der Waals surface area contributed by atoms with E-state index in [2.05, 4.69) is 0 Å². The topological polar surface area (TPSA) is 34.1 Å². The Morgan fingerprint density at radius 2 is 1.55 bits per heavy atom. The van der Waals surface area contributed by atoms with Gasteiger partial charge >= 0.3 is 6.18 Å². The average Bonchev–Trinajstić information content (AvgIpc) is 2.74. The molecule has 0 spiro atoms. The molecule has 0 bridgehead atoms. The van der Waals surface area contributed by atoms with Crippen molar-refractivity contribution in [2.75, 3.05) is 0 Å². The van der Waals surface area contributed by atoms with Crippen LogP contribution in [-0.2, 0) is 22.4 Å². The Bertz CT molecular complexity index is 946. The second-order valence-electron chi connectivity index (χ2n) is 7.87. The molecule has 0 aliphatic rings. The largest absolute Gasteiger partial charge is 0.542 e. The first-order chi connectivity index (χ1) is 15.0. The molecule has 2 rings (SSSR count). The Balaban J connectivity index is 0.00000332. The van der Waals surface area contributed by atoms with Gasteiger partial charge in [0.15, 0.2) is 5.78 Å². The first-order valence-corrected chi connectivity index (χ1v) is 10.9. The molecule has 0 N–H and O–H groups in total. The van der Waals surface area contributed by atoms with Gasteiger partial charge in [-0.3, -0.25) is 11.1 Å². The number of ketones is 1. The number of rotatable bonds is 8. The molecule has 0 aliphatic carbocycles. The maximum atomic E-state index is 14.2. The predicted octanol–water partition coefficient (Wildman–Crippen LogP) is 7.27. The molecule has 0 amide bonds. The minimum absolute atomic E-state index is 0. The number of hydrogen-bond donors (Lipinski definition) is 0. The third-order valence-corrected chi connectivity index (χ3v) is 4.98. The maximum Gasteiger partial charge on any atom is 0.417 e. The molecule has 178 valence electrons. The monoisotopic (exact) mass is 683 g/mol. The molecule has 1 atom stereocenters. The number of alkyl halides is 3. The van der Waals surface area contributed by atoms with Crippen LogP contribution in [-0.4, -0.2) is 18.2 Å². The first kappa shape index (κ1) is 31.4. The Morgan fingerprint density at radius 3 is 2.06 bits per heavy atom. The normalized spacial score (nSPS) is 12.7. The van der Waals surface area contributed by atoms with Crippen LogP contribution in [0.5, 0.6) is 0 Å². The summed E-state index contributed by atoms with van der Waals surface area (Å²) in [4.78, 5) is 23.2. The number of halogens is 3. The summed E-state index contributed by atoms with van der Waals surface area (Å²) in [6.45, 7) is 10.6. The summed E-state index contributed by atoms with van der Waals surface area (Å²) in [7, 11) is 0. The molecule has 1 unspecified atom stereocenters. The van der Waals surface area contributed by atoms with E-state index in [1.165, 1.54) is 13.0 Å². The van der Waals surface area contributed by atoms with Crippen LogP contribution in [0.4, 0.5) is 13.2 Å². The van der Waals surface area contributed by atoms with E-state index in [1.54, 1.807) is 43.3 Å². The van der Waals surface area contributed by atoms with Crippen LogP contribution in [0.1, 0.15) is 69.7 Å². The summed E-state index contributed by atoms with van der Waals surface area (Å²) in [6, 6.07) is 13.4. The van der Waals surface area contributed by atoms with Crippen molar-refractivity contribution in [1.29, 1.82) is 0 Å². The fourth-order valence-electron chi connectivity index (χ4n) is 3.57. The van der Waals surface area contributed by atoms with Gasteiger partial charge in [0.05, 0.1) is 5.57 Å². The van der Waals surface area contributed by atoms with E-state index in [4.69, 9.17) is 0 Å².